The summed E-state index contributed by atoms with van der Waals surface area (Å²) in [6.45, 7) is 3.81. The lowest BCUT2D eigenvalue weighted by Gasteiger charge is -2.08. The molecule has 2 aromatic carbocycles. The molecule has 0 fully saturated rings. The molecular weight excluding hydrogens is 278 g/mol. The van der Waals surface area contributed by atoms with E-state index in [1.807, 2.05) is 31.2 Å². The van der Waals surface area contributed by atoms with E-state index in [0.717, 1.165) is 11.1 Å². The van der Waals surface area contributed by atoms with Gasteiger partial charge in [0.15, 0.2) is 5.78 Å². The van der Waals surface area contributed by atoms with Gasteiger partial charge in [-0.3, -0.25) is 4.79 Å². The molecular formula is C18H19NO3. The predicted molar refractivity (Wildman–Crippen MR) is 86.6 cm³/mol. The molecule has 22 heavy (non-hydrogen) atoms. The van der Waals surface area contributed by atoms with Gasteiger partial charge in [-0.15, -0.1) is 0 Å². The van der Waals surface area contributed by atoms with Gasteiger partial charge in [0.05, 0.1) is 13.3 Å². The summed E-state index contributed by atoms with van der Waals surface area (Å²) >= 11 is 0. The maximum Gasteiger partial charge on any atom is 0.159 e. The maximum absolute atomic E-state index is 11.4. The quantitative estimate of drug-likeness (QED) is 0.463. The Hall–Kier alpha value is -2.62. The van der Waals surface area contributed by atoms with Crippen LogP contribution in [0.2, 0.25) is 0 Å². The fraction of sp³-hybridized carbons (Fsp3) is 0.222. The molecule has 0 aliphatic carbocycles. The minimum Gasteiger partial charge on any atom is -0.496 e. The van der Waals surface area contributed by atoms with Crippen LogP contribution in [0.15, 0.2) is 47.6 Å². The van der Waals surface area contributed by atoms with Crippen molar-refractivity contribution in [3.8, 4) is 5.75 Å². The number of rotatable bonds is 6. The average Bonchev–Trinajstić information content (AvgIpc) is 2.53. The summed E-state index contributed by atoms with van der Waals surface area (Å²) in [6.07, 6.45) is 1.65. The summed E-state index contributed by atoms with van der Waals surface area (Å²) in [6, 6.07) is 13.2. The molecule has 0 heterocycles. The summed E-state index contributed by atoms with van der Waals surface area (Å²) in [7, 11) is 1.59. The first kappa shape index (κ1) is 15.8. The van der Waals surface area contributed by atoms with Crippen molar-refractivity contribution in [1.82, 2.24) is 0 Å². The minimum absolute atomic E-state index is 0.00654. The fourth-order valence-electron chi connectivity index (χ4n) is 1.97. The lowest BCUT2D eigenvalue weighted by atomic mass is 10.1. The topological polar surface area (TPSA) is 47.9 Å². The first-order valence-electron chi connectivity index (χ1n) is 7.00. The molecule has 0 unspecified atom stereocenters. The summed E-state index contributed by atoms with van der Waals surface area (Å²) in [5.41, 5.74) is 3.58. The number of ether oxygens (including phenoxy) is 1. The Kier molecular flexibility index (Phi) is 5.31. The van der Waals surface area contributed by atoms with Gasteiger partial charge < -0.3 is 9.57 Å². The zero-order chi connectivity index (χ0) is 15.9. The highest BCUT2D eigenvalue weighted by Crippen LogP contribution is 2.21. The van der Waals surface area contributed by atoms with E-state index in [-0.39, 0.29) is 12.4 Å². The number of hydrogen-bond acceptors (Lipinski definition) is 4. The van der Waals surface area contributed by atoms with E-state index in [0.29, 0.717) is 11.3 Å². The molecule has 114 valence electrons. The van der Waals surface area contributed by atoms with Crippen LogP contribution in [0, 0.1) is 6.92 Å². The first-order valence-corrected chi connectivity index (χ1v) is 7.00. The van der Waals surface area contributed by atoms with Crippen LogP contribution in [0.4, 0.5) is 0 Å². The SMILES string of the molecule is COc1ccc(C(C)=O)cc1CO/N=C\c1ccc(C)cc1. The zero-order valence-corrected chi connectivity index (χ0v) is 13.0. The van der Waals surface area contributed by atoms with Gasteiger partial charge in [-0.25, -0.2) is 0 Å². The van der Waals surface area contributed by atoms with E-state index in [9.17, 15) is 4.79 Å². The molecule has 0 aromatic heterocycles. The van der Waals surface area contributed by atoms with Crippen LogP contribution in [0.3, 0.4) is 0 Å². The number of hydrogen-bond donors (Lipinski definition) is 0. The molecule has 0 atom stereocenters. The van der Waals surface area contributed by atoms with Crippen LogP contribution in [0.25, 0.3) is 0 Å². The van der Waals surface area contributed by atoms with Gasteiger partial charge in [0.1, 0.15) is 12.4 Å². The van der Waals surface area contributed by atoms with Crippen molar-refractivity contribution in [2.75, 3.05) is 7.11 Å². The predicted octanol–water partition coefficient (Wildman–Crippen LogP) is 3.76. The summed E-state index contributed by atoms with van der Waals surface area (Å²) in [4.78, 5) is 16.7. The second-order valence-corrected chi connectivity index (χ2v) is 5.00. The van der Waals surface area contributed by atoms with Crippen LogP contribution in [0.5, 0.6) is 5.75 Å². The standard InChI is InChI=1S/C18H19NO3/c1-13-4-6-15(7-5-13)11-19-22-12-17-10-16(14(2)20)8-9-18(17)21-3/h4-11H,12H2,1-3H3/b19-11-. The highest BCUT2D eigenvalue weighted by atomic mass is 16.6. The number of benzene rings is 2. The Labute approximate surface area is 130 Å². The van der Waals surface area contributed by atoms with Gasteiger partial charge in [0.2, 0.25) is 0 Å². The van der Waals surface area contributed by atoms with E-state index < -0.39 is 0 Å². The van der Waals surface area contributed by atoms with Gasteiger partial charge in [-0.05, 0) is 37.6 Å². The van der Waals surface area contributed by atoms with Gasteiger partial charge >= 0.3 is 0 Å². The monoisotopic (exact) mass is 297 g/mol. The average molecular weight is 297 g/mol. The molecule has 0 amide bonds. The van der Waals surface area contributed by atoms with E-state index in [1.165, 1.54) is 12.5 Å². The van der Waals surface area contributed by atoms with Gasteiger partial charge in [-0.1, -0.05) is 35.0 Å². The lowest BCUT2D eigenvalue weighted by molar-refractivity contribution is 0.101. The van der Waals surface area contributed by atoms with Crippen LogP contribution in [-0.4, -0.2) is 19.1 Å². The molecule has 4 nitrogen and oxygen atoms in total. The third-order valence-corrected chi connectivity index (χ3v) is 3.26. The summed E-state index contributed by atoms with van der Waals surface area (Å²) < 4.78 is 5.27. The van der Waals surface area contributed by atoms with Gasteiger partial charge in [0, 0.05) is 11.1 Å². The molecule has 0 aliphatic heterocycles. The third kappa shape index (κ3) is 4.19. The number of carbonyl (C=O) groups is 1. The van der Waals surface area contributed by atoms with Crippen molar-refractivity contribution in [2.24, 2.45) is 5.16 Å². The number of aryl methyl sites for hydroxylation is 1. The van der Waals surface area contributed by atoms with Crippen molar-refractivity contribution in [3.05, 3.63) is 64.7 Å². The molecule has 0 saturated carbocycles. The van der Waals surface area contributed by atoms with Crippen molar-refractivity contribution >= 4 is 12.0 Å². The van der Waals surface area contributed by atoms with E-state index >= 15 is 0 Å². The molecule has 4 heteroatoms. The summed E-state index contributed by atoms with van der Waals surface area (Å²) in [5.74, 6) is 0.683. The van der Waals surface area contributed by atoms with Crippen LogP contribution < -0.4 is 4.74 Å². The normalized spacial score (nSPS) is 10.7. The van der Waals surface area contributed by atoms with Crippen molar-refractivity contribution < 1.29 is 14.4 Å². The Morgan fingerprint density at radius 3 is 2.55 bits per heavy atom. The maximum atomic E-state index is 11.4. The van der Waals surface area contributed by atoms with Crippen LogP contribution in [-0.2, 0) is 11.4 Å². The number of nitrogens with zero attached hydrogens (tertiary/aromatic N) is 1. The van der Waals surface area contributed by atoms with Crippen molar-refractivity contribution in [2.45, 2.75) is 20.5 Å². The molecule has 0 aliphatic rings. The minimum atomic E-state index is 0.00654. The largest absolute Gasteiger partial charge is 0.496 e. The first-order chi connectivity index (χ1) is 10.6. The Morgan fingerprint density at radius 1 is 1.18 bits per heavy atom. The Balaban J connectivity index is 2.02. The zero-order valence-electron chi connectivity index (χ0n) is 13.0. The third-order valence-electron chi connectivity index (χ3n) is 3.26. The molecule has 0 spiro atoms. The second kappa shape index (κ2) is 7.41. The van der Waals surface area contributed by atoms with E-state index in [2.05, 4.69) is 5.16 Å². The molecule has 0 N–H and O–H groups in total. The smallest absolute Gasteiger partial charge is 0.159 e. The van der Waals surface area contributed by atoms with Gasteiger partial charge in [-0.2, -0.15) is 0 Å². The molecule has 0 bridgehead atoms. The Morgan fingerprint density at radius 2 is 1.91 bits per heavy atom. The fourth-order valence-corrected chi connectivity index (χ4v) is 1.97. The second-order valence-electron chi connectivity index (χ2n) is 5.00. The highest BCUT2D eigenvalue weighted by Gasteiger charge is 2.07. The number of oxime groups is 1. The highest BCUT2D eigenvalue weighted by molar-refractivity contribution is 5.94. The lowest BCUT2D eigenvalue weighted by Crippen LogP contribution is -1.98. The van der Waals surface area contributed by atoms with Crippen molar-refractivity contribution in [1.29, 1.82) is 0 Å². The van der Waals surface area contributed by atoms with Gasteiger partial charge in [0.25, 0.3) is 0 Å². The number of methoxy groups -OCH3 is 1. The van der Waals surface area contributed by atoms with E-state index in [4.69, 9.17) is 9.57 Å². The number of ketones is 1. The molecule has 0 saturated heterocycles. The molecule has 0 radical (unpaired) electrons. The molecule has 2 rings (SSSR count). The number of Topliss-reactive ketones (excluding diaryl/α,β-unsaturated/α-hetero) is 1. The van der Waals surface area contributed by atoms with Crippen LogP contribution in [0.1, 0.15) is 34.0 Å². The Bertz CT molecular complexity index is 675. The summed E-state index contributed by atoms with van der Waals surface area (Å²) in [5, 5.41) is 3.95. The van der Waals surface area contributed by atoms with Crippen molar-refractivity contribution in [3.63, 3.8) is 0 Å². The molecule has 2 aromatic rings. The number of carbonyl (C=O) groups excluding carboxylic acids is 1. The van der Waals surface area contributed by atoms with E-state index in [1.54, 1.807) is 31.5 Å². The van der Waals surface area contributed by atoms with Crippen LogP contribution >= 0.6 is 0 Å².